The number of rotatable bonds is 14. The summed E-state index contributed by atoms with van der Waals surface area (Å²) >= 11 is 0. The number of ether oxygens (including phenoxy) is 8. The number of benzene rings is 3. The van der Waals surface area contributed by atoms with Gasteiger partial charge in [-0.15, -0.1) is 0 Å². The molecule has 3 atom stereocenters. The Morgan fingerprint density at radius 1 is 0.638 bits per heavy atom. The highest BCUT2D eigenvalue weighted by Crippen LogP contribution is 2.38. The molecule has 18 nitrogen and oxygen atoms in total. The van der Waals surface area contributed by atoms with Gasteiger partial charge in [0.25, 0.3) is 0 Å². The van der Waals surface area contributed by atoms with Gasteiger partial charge in [-0.05, 0) is 86.9 Å². The van der Waals surface area contributed by atoms with Crippen LogP contribution >= 0.6 is 0 Å². The van der Waals surface area contributed by atoms with Crippen LogP contribution in [0.2, 0.25) is 0 Å². The quantitative estimate of drug-likeness (QED) is 0.0581. The smallest absolute Gasteiger partial charge is 0.317 e. The van der Waals surface area contributed by atoms with Crippen LogP contribution in [0.25, 0.3) is 21.8 Å². The van der Waals surface area contributed by atoms with Crippen molar-refractivity contribution in [1.82, 2.24) is 9.13 Å². The summed E-state index contributed by atoms with van der Waals surface area (Å²) in [5.74, 6) is -5.18. The van der Waals surface area contributed by atoms with Crippen molar-refractivity contribution >= 4 is 45.1 Å². The second-order valence-corrected chi connectivity index (χ2v) is 19.8. The number of nitrogens with zero attached hydrogens (tertiary/aromatic N) is 4. The van der Waals surface area contributed by atoms with Gasteiger partial charge in [-0.1, -0.05) is 30.3 Å². The average molecular weight is 965 g/mol. The van der Waals surface area contributed by atoms with Crippen molar-refractivity contribution in [3.8, 4) is 0 Å². The monoisotopic (exact) mass is 964 g/mol. The van der Waals surface area contributed by atoms with Crippen LogP contribution in [0, 0.1) is 31.9 Å². The van der Waals surface area contributed by atoms with Gasteiger partial charge in [0, 0.05) is 46.4 Å². The molecule has 0 amide bonds. The lowest BCUT2D eigenvalue weighted by atomic mass is 9.89. The molecular formula is C49H58F2N4O14. The molecule has 0 bridgehead atoms. The molecule has 0 saturated carbocycles. The standard InChI is InChI=1S/C25H27FN2O6.C24H31FN2O8/c1-24(2,23(29)32-14-16-8-6-5-7-9-16)22-11-17-10-21(28(30)31)19(26)12-20(17)27(22)13-18-15-33-25(3,4)34-18;1-22(2,21(28)31-11-16-13-33-24(5,6)35-16)20-8-14-7-19(27(29)30)17(25)9-18(14)26(20)10-15-12-32-23(3,4)34-15/h5-12,18H,13-15H2,1-4H3;7-9,15-16H,10-13H2,1-6H3/t18-;15-,16-/m11/s1. The molecule has 3 aliphatic rings. The number of hydrogen-bond acceptors (Lipinski definition) is 14. The van der Waals surface area contributed by atoms with Crippen molar-refractivity contribution in [3.05, 3.63) is 116 Å². The van der Waals surface area contributed by atoms with Gasteiger partial charge in [0.1, 0.15) is 42.4 Å². The molecule has 372 valence electrons. The number of nitro groups is 2. The summed E-state index contributed by atoms with van der Waals surface area (Å²) < 4.78 is 78.2. The van der Waals surface area contributed by atoms with Gasteiger partial charge in [-0.25, -0.2) is 0 Å². The third-order valence-corrected chi connectivity index (χ3v) is 12.2. The van der Waals surface area contributed by atoms with E-state index in [0.29, 0.717) is 53.0 Å². The summed E-state index contributed by atoms with van der Waals surface area (Å²) in [5.41, 5.74) is -0.831. The van der Waals surface area contributed by atoms with Crippen molar-refractivity contribution in [2.75, 3.05) is 26.4 Å². The van der Waals surface area contributed by atoms with Crippen LogP contribution in [0.5, 0.6) is 0 Å². The van der Waals surface area contributed by atoms with Crippen LogP contribution in [0.3, 0.4) is 0 Å². The summed E-state index contributed by atoms with van der Waals surface area (Å²) in [6.07, 6.45) is -1.10. The van der Waals surface area contributed by atoms with E-state index < -0.39 is 79.1 Å². The molecule has 8 rings (SSSR count). The summed E-state index contributed by atoms with van der Waals surface area (Å²) in [4.78, 5) is 47.4. The number of fused-ring (bicyclic) bond motifs is 2. The summed E-state index contributed by atoms with van der Waals surface area (Å²) in [7, 11) is 0. The molecule has 2 aromatic heterocycles. The maximum Gasteiger partial charge on any atom is 0.317 e. The average Bonchev–Trinajstić information content (AvgIpc) is 4.08. The molecule has 69 heavy (non-hydrogen) atoms. The van der Waals surface area contributed by atoms with Crippen molar-refractivity contribution in [2.24, 2.45) is 0 Å². The van der Waals surface area contributed by atoms with Gasteiger partial charge < -0.3 is 47.0 Å². The zero-order chi connectivity index (χ0) is 50.4. The fourth-order valence-corrected chi connectivity index (χ4v) is 8.67. The lowest BCUT2D eigenvalue weighted by Crippen LogP contribution is -2.36. The van der Waals surface area contributed by atoms with Gasteiger partial charge in [0.05, 0.1) is 53.8 Å². The Morgan fingerprint density at radius 2 is 1.03 bits per heavy atom. The van der Waals surface area contributed by atoms with Gasteiger partial charge in [-0.3, -0.25) is 29.8 Å². The molecule has 0 aliphatic carbocycles. The maximum absolute atomic E-state index is 14.6. The topological polar surface area (TPSA) is 204 Å². The molecule has 5 heterocycles. The molecule has 5 aromatic rings. The number of hydrogen-bond donors (Lipinski definition) is 0. The lowest BCUT2D eigenvalue weighted by Gasteiger charge is -2.27. The van der Waals surface area contributed by atoms with Gasteiger partial charge >= 0.3 is 23.3 Å². The van der Waals surface area contributed by atoms with Gasteiger partial charge in [-0.2, -0.15) is 8.78 Å². The van der Waals surface area contributed by atoms with Gasteiger partial charge in [0.15, 0.2) is 17.4 Å². The number of carbonyl (C=O) groups is 2. The SMILES string of the molecule is CC1(C)OC[C@@H](COC(=O)C(C)(C)c2cc3cc([N+](=O)[O-])c(F)cc3n2C[C@@H]2COC(C)(C)O2)O1.CC1(C)OC[C@@H](Cn2c(C(C)(C)C(=O)OCc3ccccc3)cc3cc([N+](=O)[O-])c(F)cc32)O1. The van der Waals surface area contributed by atoms with Crippen LogP contribution in [0.1, 0.15) is 86.2 Å². The Labute approximate surface area is 396 Å². The molecule has 0 spiro atoms. The second-order valence-electron chi connectivity index (χ2n) is 19.8. The molecule has 0 radical (unpaired) electrons. The number of nitro benzene ring substituents is 2. The Balaban J connectivity index is 0.000000204. The second kappa shape index (κ2) is 19.1. The molecule has 3 aromatic carbocycles. The Morgan fingerprint density at radius 3 is 1.41 bits per heavy atom. The first-order valence-corrected chi connectivity index (χ1v) is 22.5. The molecular weight excluding hydrogens is 907 g/mol. The fourth-order valence-electron chi connectivity index (χ4n) is 8.67. The molecule has 3 saturated heterocycles. The van der Waals surface area contributed by atoms with Crippen molar-refractivity contribution in [1.29, 1.82) is 0 Å². The fraction of sp³-hybridized carbons (Fsp3) is 0.510. The Bertz CT molecular complexity index is 2760. The van der Waals surface area contributed by atoms with E-state index in [9.17, 15) is 38.6 Å². The molecule has 3 aliphatic heterocycles. The zero-order valence-corrected chi connectivity index (χ0v) is 40.3. The van der Waals surface area contributed by atoms with Crippen LogP contribution in [-0.2, 0) is 78.0 Å². The Kier molecular flexibility index (Phi) is 14.1. The van der Waals surface area contributed by atoms with E-state index in [1.807, 2.05) is 30.3 Å². The first-order chi connectivity index (χ1) is 32.2. The van der Waals surface area contributed by atoms with Gasteiger partial charge in [0.2, 0.25) is 11.6 Å². The normalized spacial score (nSPS) is 20.7. The highest BCUT2D eigenvalue weighted by molar-refractivity contribution is 5.90. The first kappa shape index (κ1) is 51.0. The van der Waals surface area contributed by atoms with Crippen LogP contribution in [-0.4, -0.2) is 93.0 Å². The number of halogens is 2. The third-order valence-electron chi connectivity index (χ3n) is 12.2. The van der Waals surface area contributed by atoms with E-state index in [0.717, 1.165) is 17.7 Å². The Hall–Kier alpha value is -5.90. The number of carbonyl (C=O) groups excluding carboxylic acids is 2. The highest BCUT2D eigenvalue weighted by atomic mass is 19.1. The van der Waals surface area contributed by atoms with E-state index in [-0.39, 0.29) is 38.5 Å². The minimum Gasteiger partial charge on any atom is -0.462 e. The zero-order valence-electron chi connectivity index (χ0n) is 40.3. The van der Waals surface area contributed by atoms with Crippen molar-refractivity contribution < 1.29 is 66.1 Å². The largest absolute Gasteiger partial charge is 0.462 e. The van der Waals surface area contributed by atoms with E-state index in [4.69, 9.17) is 37.9 Å². The maximum atomic E-state index is 14.6. The number of aromatic nitrogens is 2. The van der Waals surface area contributed by atoms with E-state index in [1.54, 1.807) is 90.5 Å². The van der Waals surface area contributed by atoms with Crippen molar-refractivity contribution in [3.63, 3.8) is 0 Å². The van der Waals surface area contributed by atoms with Crippen LogP contribution in [0.15, 0.2) is 66.7 Å². The predicted molar refractivity (Wildman–Crippen MR) is 245 cm³/mol. The van der Waals surface area contributed by atoms with E-state index in [2.05, 4.69) is 0 Å². The molecule has 0 unspecified atom stereocenters. The van der Waals surface area contributed by atoms with Crippen LogP contribution in [0.4, 0.5) is 20.2 Å². The van der Waals surface area contributed by atoms with E-state index in [1.165, 1.54) is 12.1 Å². The molecule has 20 heteroatoms. The number of esters is 2. The summed E-state index contributed by atoms with van der Waals surface area (Å²) in [6.45, 7) is 19.1. The first-order valence-electron chi connectivity index (χ1n) is 22.5. The highest BCUT2D eigenvalue weighted by Gasteiger charge is 2.42. The predicted octanol–water partition coefficient (Wildman–Crippen LogP) is 8.67. The van der Waals surface area contributed by atoms with E-state index >= 15 is 0 Å². The minimum absolute atomic E-state index is 0.0137. The van der Waals surface area contributed by atoms with Crippen molar-refractivity contribution in [2.45, 2.75) is 135 Å². The summed E-state index contributed by atoms with van der Waals surface area (Å²) in [5, 5.41) is 23.5. The minimum atomic E-state index is -1.17. The van der Waals surface area contributed by atoms with Crippen LogP contribution < -0.4 is 0 Å². The summed E-state index contributed by atoms with van der Waals surface area (Å²) in [6, 6.07) is 17.2. The molecule has 3 fully saturated rings. The lowest BCUT2D eigenvalue weighted by molar-refractivity contribution is -0.387. The third kappa shape index (κ3) is 11.3. The molecule has 0 N–H and O–H groups in total.